The molecule has 0 radical (unpaired) electrons. The van der Waals surface area contributed by atoms with E-state index in [1.54, 1.807) is 12.1 Å². The van der Waals surface area contributed by atoms with Crippen molar-refractivity contribution in [2.45, 2.75) is 31.7 Å². The number of nitrogens with two attached hydrogens (primary N) is 1. The first-order chi connectivity index (χ1) is 6.66. The quantitative estimate of drug-likeness (QED) is 0.735. The molecule has 1 aromatic rings. The molecule has 0 bridgehead atoms. The standard InChI is InChI=1S/C11H13F2N/c12-11(13)9-2-1-8-6-10(14)4-3-7(8)5-9/h1-2,5,10-11H,3-4,6,14H2. The van der Waals surface area contributed by atoms with Crippen LogP contribution in [0.1, 0.15) is 29.5 Å². The number of rotatable bonds is 1. The van der Waals surface area contributed by atoms with Crippen molar-refractivity contribution in [1.29, 1.82) is 0 Å². The van der Waals surface area contributed by atoms with Crippen molar-refractivity contribution in [3.8, 4) is 0 Å². The van der Waals surface area contributed by atoms with E-state index in [9.17, 15) is 8.78 Å². The van der Waals surface area contributed by atoms with Crippen LogP contribution in [-0.2, 0) is 12.8 Å². The summed E-state index contributed by atoms with van der Waals surface area (Å²) in [5, 5.41) is 0. The first kappa shape index (κ1) is 9.59. The van der Waals surface area contributed by atoms with E-state index in [0.29, 0.717) is 0 Å². The molecule has 0 spiro atoms. The second-order valence-corrected chi connectivity index (χ2v) is 3.83. The fourth-order valence-corrected chi connectivity index (χ4v) is 1.94. The van der Waals surface area contributed by atoms with Crippen LogP contribution in [0, 0.1) is 0 Å². The molecule has 1 atom stereocenters. The Morgan fingerprint density at radius 3 is 2.79 bits per heavy atom. The Hall–Kier alpha value is -0.960. The molecule has 76 valence electrons. The molecular formula is C11H13F2N. The van der Waals surface area contributed by atoms with Gasteiger partial charge in [-0.1, -0.05) is 12.1 Å². The number of aryl methyl sites for hydroxylation is 1. The molecule has 0 amide bonds. The summed E-state index contributed by atoms with van der Waals surface area (Å²) in [6.45, 7) is 0. The van der Waals surface area contributed by atoms with Gasteiger partial charge in [-0.25, -0.2) is 8.78 Å². The minimum atomic E-state index is -2.36. The minimum absolute atomic E-state index is 0.124. The molecule has 0 heterocycles. The van der Waals surface area contributed by atoms with E-state index in [1.807, 2.05) is 0 Å². The second kappa shape index (κ2) is 3.65. The smallest absolute Gasteiger partial charge is 0.263 e. The number of alkyl halides is 2. The third kappa shape index (κ3) is 1.77. The fourth-order valence-electron chi connectivity index (χ4n) is 1.94. The lowest BCUT2D eigenvalue weighted by molar-refractivity contribution is 0.151. The van der Waals surface area contributed by atoms with E-state index in [1.165, 1.54) is 6.07 Å². The average molecular weight is 197 g/mol. The minimum Gasteiger partial charge on any atom is -0.327 e. The Kier molecular flexibility index (Phi) is 2.50. The molecule has 1 unspecified atom stereocenters. The van der Waals surface area contributed by atoms with Gasteiger partial charge in [-0.3, -0.25) is 0 Å². The van der Waals surface area contributed by atoms with Crippen molar-refractivity contribution >= 4 is 0 Å². The molecule has 2 N–H and O–H groups in total. The maximum atomic E-state index is 12.4. The van der Waals surface area contributed by atoms with Gasteiger partial charge in [0, 0.05) is 11.6 Å². The highest BCUT2D eigenvalue weighted by molar-refractivity contribution is 5.35. The highest BCUT2D eigenvalue weighted by atomic mass is 19.3. The number of benzene rings is 1. The van der Waals surface area contributed by atoms with Crippen LogP contribution in [0.4, 0.5) is 8.78 Å². The molecule has 2 rings (SSSR count). The second-order valence-electron chi connectivity index (χ2n) is 3.83. The SMILES string of the molecule is NC1CCc2cc(C(F)F)ccc2C1. The Bertz CT molecular complexity index is 336. The van der Waals surface area contributed by atoms with E-state index in [2.05, 4.69) is 0 Å². The predicted molar refractivity (Wildman–Crippen MR) is 51.4 cm³/mol. The van der Waals surface area contributed by atoms with Gasteiger partial charge in [-0.15, -0.1) is 0 Å². The van der Waals surface area contributed by atoms with Crippen LogP contribution < -0.4 is 5.73 Å². The van der Waals surface area contributed by atoms with Crippen LogP contribution in [0.15, 0.2) is 18.2 Å². The molecule has 1 aliphatic carbocycles. The Balaban J connectivity index is 2.31. The largest absolute Gasteiger partial charge is 0.327 e. The molecule has 3 heteroatoms. The highest BCUT2D eigenvalue weighted by Gasteiger charge is 2.17. The molecule has 0 fully saturated rings. The number of hydrogen-bond acceptors (Lipinski definition) is 1. The van der Waals surface area contributed by atoms with Gasteiger partial charge in [0.1, 0.15) is 0 Å². The topological polar surface area (TPSA) is 26.0 Å². The van der Waals surface area contributed by atoms with E-state index < -0.39 is 6.43 Å². The maximum Gasteiger partial charge on any atom is 0.263 e. The molecule has 14 heavy (non-hydrogen) atoms. The van der Waals surface area contributed by atoms with Gasteiger partial charge >= 0.3 is 0 Å². The number of hydrogen-bond donors (Lipinski definition) is 1. The van der Waals surface area contributed by atoms with E-state index in [0.717, 1.165) is 30.4 Å². The molecule has 0 saturated heterocycles. The van der Waals surface area contributed by atoms with Gasteiger partial charge < -0.3 is 5.73 Å². The van der Waals surface area contributed by atoms with Crippen molar-refractivity contribution in [1.82, 2.24) is 0 Å². The normalized spacial score (nSPS) is 21.0. The summed E-state index contributed by atoms with van der Waals surface area (Å²) in [7, 11) is 0. The summed E-state index contributed by atoms with van der Waals surface area (Å²) in [6, 6.07) is 5.10. The third-order valence-corrected chi connectivity index (χ3v) is 2.75. The lowest BCUT2D eigenvalue weighted by Gasteiger charge is -2.21. The Morgan fingerprint density at radius 1 is 1.29 bits per heavy atom. The van der Waals surface area contributed by atoms with Crippen LogP contribution in [0.3, 0.4) is 0 Å². The molecule has 1 aromatic carbocycles. The zero-order chi connectivity index (χ0) is 10.1. The lowest BCUT2D eigenvalue weighted by Crippen LogP contribution is -2.27. The summed E-state index contributed by atoms with van der Waals surface area (Å²) >= 11 is 0. The van der Waals surface area contributed by atoms with E-state index >= 15 is 0 Å². The molecule has 0 saturated carbocycles. The van der Waals surface area contributed by atoms with Crippen molar-refractivity contribution < 1.29 is 8.78 Å². The first-order valence-electron chi connectivity index (χ1n) is 4.82. The van der Waals surface area contributed by atoms with E-state index in [4.69, 9.17) is 5.73 Å². The fraction of sp³-hybridized carbons (Fsp3) is 0.455. The highest BCUT2D eigenvalue weighted by Crippen LogP contribution is 2.26. The molecule has 0 aliphatic heterocycles. The molecule has 1 aliphatic rings. The third-order valence-electron chi connectivity index (χ3n) is 2.75. The van der Waals surface area contributed by atoms with Crippen LogP contribution in [0.2, 0.25) is 0 Å². The number of fused-ring (bicyclic) bond motifs is 1. The van der Waals surface area contributed by atoms with Crippen molar-refractivity contribution in [3.05, 3.63) is 34.9 Å². The van der Waals surface area contributed by atoms with Gasteiger partial charge in [0.05, 0.1) is 0 Å². The van der Waals surface area contributed by atoms with Crippen LogP contribution in [-0.4, -0.2) is 6.04 Å². The molecular weight excluding hydrogens is 184 g/mol. The number of halogens is 2. The van der Waals surface area contributed by atoms with Gasteiger partial charge in [0.15, 0.2) is 0 Å². The summed E-state index contributed by atoms with van der Waals surface area (Å²) in [6.07, 6.45) is 0.186. The summed E-state index contributed by atoms with van der Waals surface area (Å²) < 4.78 is 24.8. The zero-order valence-corrected chi connectivity index (χ0v) is 7.84. The maximum absolute atomic E-state index is 12.4. The summed E-state index contributed by atoms with van der Waals surface area (Å²) in [5.74, 6) is 0. The van der Waals surface area contributed by atoms with Crippen LogP contribution >= 0.6 is 0 Å². The average Bonchev–Trinajstić information content (AvgIpc) is 2.16. The lowest BCUT2D eigenvalue weighted by atomic mass is 9.88. The Labute approximate surface area is 81.9 Å². The predicted octanol–water partition coefficient (Wildman–Crippen LogP) is 2.44. The van der Waals surface area contributed by atoms with Crippen LogP contribution in [0.25, 0.3) is 0 Å². The van der Waals surface area contributed by atoms with Gasteiger partial charge in [-0.05, 0) is 36.5 Å². The molecule has 1 nitrogen and oxygen atoms in total. The zero-order valence-electron chi connectivity index (χ0n) is 7.84. The van der Waals surface area contributed by atoms with Crippen molar-refractivity contribution in [3.63, 3.8) is 0 Å². The van der Waals surface area contributed by atoms with Gasteiger partial charge in [-0.2, -0.15) is 0 Å². The van der Waals surface area contributed by atoms with Crippen molar-refractivity contribution in [2.75, 3.05) is 0 Å². The summed E-state index contributed by atoms with van der Waals surface area (Å²) in [5.41, 5.74) is 8.10. The monoisotopic (exact) mass is 197 g/mol. The van der Waals surface area contributed by atoms with E-state index in [-0.39, 0.29) is 11.6 Å². The van der Waals surface area contributed by atoms with Gasteiger partial charge in [0.2, 0.25) is 0 Å². The summed E-state index contributed by atoms with van der Waals surface area (Å²) in [4.78, 5) is 0. The Morgan fingerprint density at radius 2 is 2.07 bits per heavy atom. The molecule has 0 aromatic heterocycles. The van der Waals surface area contributed by atoms with Crippen LogP contribution in [0.5, 0.6) is 0 Å². The van der Waals surface area contributed by atoms with Gasteiger partial charge in [0.25, 0.3) is 6.43 Å². The van der Waals surface area contributed by atoms with Crippen molar-refractivity contribution in [2.24, 2.45) is 5.73 Å². The first-order valence-corrected chi connectivity index (χ1v) is 4.82.